The Labute approximate surface area is 292 Å². The minimum atomic E-state index is -0.905. The molecule has 1 spiro atoms. The Morgan fingerprint density at radius 3 is 2.19 bits per heavy atom. The molecule has 6 rings (SSSR count). The van der Waals surface area contributed by atoms with Gasteiger partial charge in [0.1, 0.15) is 6.04 Å². The van der Waals surface area contributed by atoms with Gasteiger partial charge in [-0.15, -0.1) is 24.9 Å². The number of rotatable bonds is 13. The monoisotopic (exact) mass is 683 g/mol. The van der Waals surface area contributed by atoms with E-state index in [0.717, 1.165) is 11.1 Å². The highest BCUT2D eigenvalue weighted by Crippen LogP contribution is 2.72. The van der Waals surface area contributed by atoms with E-state index in [1.807, 2.05) is 60.7 Å². The number of carbonyl (C=O) groups excluding carboxylic acids is 3. The van der Waals surface area contributed by atoms with E-state index < -0.39 is 33.4 Å². The summed E-state index contributed by atoms with van der Waals surface area (Å²) >= 11 is 7.84. The third kappa shape index (κ3) is 5.99. The predicted molar refractivity (Wildman–Crippen MR) is 193 cm³/mol. The maximum Gasteiger partial charge on any atom is 0.251 e. The molecule has 1 N–H and O–H groups in total. The van der Waals surface area contributed by atoms with Gasteiger partial charge in [-0.05, 0) is 61.6 Å². The number of hydrogen-bond donors (Lipinski definition) is 1. The van der Waals surface area contributed by atoms with E-state index in [0.29, 0.717) is 43.1 Å². The number of aliphatic hydroxyl groups is 1. The van der Waals surface area contributed by atoms with Crippen molar-refractivity contribution in [3.05, 3.63) is 126 Å². The molecule has 3 aliphatic rings. The molecule has 250 valence electrons. The molecule has 3 heterocycles. The average Bonchev–Trinajstić information content (AvgIpc) is 3.67. The van der Waals surface area contributed by atoms with Crippen LogP contribution < -0.4 is 4.90 Å². The topological polar surface area (TPSA) is 81.2 Å². The van der Waals surface area contributed by atoms with Gasteiger partial charge in [0.05, 0.1) is 29.2 Å². The minimum Gasteiger partial charge on any atom is -0.394 e. The highest BCUT2D eigenvalue weighted by Gasteiger charge is 2.78. The first kappa shape index (κ1) is 34.0. The van der Waals surface area contributed by atoms with E-state index in [1.165, 1.54) is 0 Å². The third-order valence-electron chi connectivity index (χ3n) is 10.2. The third-order valence-corrected chi connectivity index (χ3v) is 12.5. The Hall–Kier alpha value is -3.85. The average molecular weight is 684 g/mol. The number of hydrogen-bond acceptors (Lipinski definition) is 5. The number of aliphatic hydroxyl groups excluding tert-OH is 1. The van der Waals surface area contributed by atoms with Crippen molar-refractivity contribution in [1.82, 2.24) is 9.80 Å². The molecule has 0 aliphatic carbocycles. The van der Waals surface area contributed by atoms with Gasteiger partial charge in [0.2, 0.25) is 11.8 Å². The summed E-state index contributed by atoms with van der Waals surface area (Å²) in [4.78, 5) is 49.9. The van der Waals surface area contributed by atoms with Gasteiger partial charge in [0, 0.05) is 35.1 Å². The standard InChI is InChI=1S/C39H42ClN3O4S/c1-4-22-41(25-28-14-10-7-11-15-28)35(45)32-33-36(46)43(31(26-44)24-27-12-8-6-9-13-27)34(39(33)21-20-38(32,3)48-39)37(47)42(23-5-2)30-18-16-29(40)17-19-30/h4-19,31-34,44H,1-2,20-26H2,3H3/t31-,32-,33+,34?,38+,39?/m1/s1. The molecule has 3 aliphatic heterocycles. The largest absolute Gasteiger partial charge is 0.394 e. The van der Waals surface area contributed by atoms with Crippen molar-refractivity contribution in [2.75, 3.05) is 24.6 Å². The van der Waals surface area contributed by atoms with Crippen LogP contribution in [0.25, 0.3) is 0 Å². The van der Waals surface area contributed by atoms with Gasteiger partial charge in [-0.25, -0.2) is 0 Å². The molecule has 6 atom stereocenters. The fourth-order valence-electron chi connectivity index (χ4n) is 8.16. The first-order chi connectivity index (χ1) is 23.2. The Balaban J connectivity index is 1.45. The maximum absolute atomic E-state index is 15.1. The van der Waals surface area contributed by atoms with Crippen LogP contribution in [0, 0.1) is 11.8 Å². The van der Waals surface area contributed by atoms with Gasteiger partial charge in [0.15, 0.2) is 0 Å². The highest BCUT2D eigenvalue weighted by molar-refractivity contribution is 8.02. The van der Waals surface area contributed by atoms with Crippen molar-refractivity contribution >= 4 is 46.8 Å². The summed E-state index contributed by atoms with van der Waals surface area (Å²) in [6, 6.07) is 25.0. The Morgan fingerprint density at radius 1 is 0.958 bits per heavy atom. The van der Waals surface area contributed by atoms with Crippen LogP contribution in [-0.4, -0.2) is 73.9 Å². The molecule has 3 aromatic rings. The zero-order valence-electron chi connectivity index (χ0n) is 27.2. The predicted octanol–water partition coefficient (Wildman–Crippen LogP) is 6.16. The van der Waals surface area contributed by atoms with Gasteiger partial charge in [-0.1, -0.05) is 84.4 Å². The van der Waals surface area contributed by atoms with Crippen LogP contribution in [-0.2, 0) is 27.3 Å². The number of likely N-dealkylation sites (tertiary alicyclic amines) is 1. The van der Waals surface area contributed by atoms with Crippen LogP contribution in [0.2, 0.25) is 5.02 Å². The maximum atomic E-state index is 15.1. The SMILES string of the molecule is C=CCN(Cc1ccccc1)C(=O)[C@H]1[C@H]2C(=O)N([C@@H](CO)Cc3ccccc3)C(C(=O)N(CC=C)c3ccc(Cl)cc3)C23CC[C@]1(C)S3. The van der Waals surface area contributed by atoms with E-state index in [2.05, 4.69) is 20.1 Å². The molecule has 3 aromatic carbocycles. The molecule has 0 radical (unpaired) electrons. The van der Waals surface area contributed by atoms with E-state index in [1.54, 1.807) is 62.9 Å². The van der Waals surface area contributed by atoms with Crippen molar-refractivity contribution in [2.24, 2.45) is 11.8 Å². The normalized spacial score (nSPS) is 26.2. The fraction of sp³-hybridized carbons (Fsp3) is 0.359. The van der Waals surface area contributed by atoms with Crippen molar-refractivity contribution in [3.8, 4) is 0 Å². The molecule has 0 aromatic heterocycles. The van der Waals surface area contributed by atoms with Gasteiger partial charge in [-0.3, -0.25) is 14.4 Å². The van der Waals surface area contributed by atoms with Crippen LogP contribution in [0.3, 0.4) is 0 Å². The molecule has 48 heavy (non-hydrogen) atoms. The van der Waals surface area contributed by atoms with Crippen LogP contribution in [0.1, 0.15) is 30.9 Å². The Kier molecular flexibility index (Phi) is 9.88. The van der Waals surface area contributed by atoms with Crippen molar-refractivity contribution in [3.63, 3.8) is 0 Å². The van der Waals surface area contributed by atoms with Crippen LogP contribution in [0.4, 0.5) is 5.69 Å². The molecule has 3 saturated heterocycles. The first-order valence-corrected chi connectivity index (χ1v) is 17.7. The molecule has 9 heteroatoms. The number of nitrogens with zero attached hydrogens (tertiary/aromatic N) is 3. The van der Waals surface area contributed by atoms with Crippen LogP contribution in [0.5, 0.6) is 0 Å². The summed E-state index contributed by atoms with van der Waals surface area (Å²) in [6.45, 7) is 10.5. The molecule has 7 nitrogen and oxygen atoms in total. The minimum absolute atomic E-state index is 0.106. The van der Waals surface area contributed by atoms with E-state index >= 15 is 9.59 Å². The second kappa shape index (κ2) is 13.9. The van der Waals surface area contributed by atoms with Gasteiger partial charge >= 0.3 is 0 Å². The van der Waals surface area contributed by atoms with E-state index in [4.69, 9.17) is 11.6 Å². The molecule has 2 unspecified atom stereocenters. The Bertz CT molecular complexity index is 1670. The number of fused-ring (bicyclic) bond motifs is 1. The van der Waals surface area contributed by atoms with Crippen LogP contribution >= 0.6 is 23.4 Å². The summed E-state index contributed by atoms with van der Waals surface area (Å²) in [5, 5.41) is 11.4. The smallest absolute Gasteiger partial charge is 0.251 e. The number of carbonyl (C=O) groups is 3. The number of benzene rings is 3. The Morgan fingerprint density at radius 2 is 1.58 bits per heavy atom. The summed E-state index contributed by atoms with van der Waals surface area (Å²) in [6.07, 6.45) is 5.05. The zero-order valence-corrected chi connectivity index (χ0v) is 28.8. The first-order valence-electron chi connectivity index (χ1n) is 16.5. The summed E-state index contributed by atoms with van der Waals surface area (Å²) in [7, 11) is 0. The fourth-order valence-corrected chi connectivity index (χ4v) is 10.6. The molecule has 3 fully saturated rings. The summed E-state index contributed by atoms with van der Waals surface area (Å²) < 4.78 is -1.40. The molecule has 3 amide bonds. The number of halogens is 1. The van der Waals surface area contributed by atoms with Crippen molar-refractivity contribution < 1.29 is 19.5 Å². The molecular weight excluding hydrogens is 642 g/mol. The lowest BCUT2D eigenvalue weighted by molar-refractivity contribution is -0.146. The van der Waals surface area contributed by atoms with E-state index in [-0.39, 0.29) is 30.9 Å². The lowest BCUT2D eigenvalue weighted by Crippen LogP contribution is -2.58. The summed E-state index contributed by atoms with van der Waals surface area (Å²) in [5.41, 5.74) is 2.57. The molecule has 0 saturated carbocycles. The second-order valence-corrected chi connectivity index (χ2v) is 15.5. The highest BCUT2D eigenvalue weighted by atomic mass is 35.5. The second-order valence-electron chi connectivity index (χ2n) is 13.2. The zero-order chi connectivity index (χ0) is 34.1. The van der Waals surface area contributed by atoms with Gasteiger partial charge in [-0.2, -0.15) is 0 Å². The van der Waals surface area contributed by atoms with Crippen LogP contribution in [0.15, 0.2) is 110 Å². The van der Waals surface area contributed by atoms with E-state index in [9.17, 15) is 9.90 Å². The lowest BCUT2D eigenvalue weighted by Gasteiger charge is -2.39. The number of amides is 3. The molecular formula is C39H42ClN3O4S. The van der Waals surface area contributed by atoms with Gasteiger partial charge < -0.3 is 19.8 Å². The number of thioether (sulfide) groups is 1. The quantitative estimate of drug-likeness (QED) is 0.219. The summed E-state index contributed by atoms with van der Waals surface area (Å²) in [5.74, 6) is -1.98. The van der Waals surface area contributed by atoms with Crippen molar-refractivity contribution in [2.45, 2.75) is 54.3 Å². The molecule has 2 bridgehead atoms. The number of anilines is 1. The van der Waals surface area contributed by atoms with Crippen molar-refractivity contribution in [1.29, 1.82) is 0 Å². The lowest BCUT2D eigenvalue weighted by atomic mass is 9.66. The van der Waals surface area contributed by atoms with Gasteiger partial charge in [0.25, 0.3) is 5.91 Å².